The van der Waals surface area contributed by atoms with Crippen molar-refractivity contribution in [1.82, 2.24) is 9.55 Å². The van der Waals surface area contributed by atoms with Crippen LogP contribution in [0, 0.1) is 5.82 Å². The van der Waals surface area contributed by atoms with E-state index < -0.39 is 12.0 Å². The Balaban J connectivity index is 1.82. The monoisotopic (exact) mass is 429 g/mol. The van der Waals surface area contributed by atoms with Crippen molar-refractivity contribution < 1.29 is 19.0 Å². The second kappa shape index (κ2) is 7.85. The first kappa shape index (κ1) is 19.8. The number of carbonyl (C=O) groups excluding carboxylic acids is 1. The lowest BCUT2D eigenvalue weighted by Crippen LogP contribution is -2.29. The largest absolute Gasteiger partial charge is 0.508 e. The highest BCUT2D eigenvalue weighted by molar-refractivity contribution is 6.03. The number of esters is 1. The molecule has 0 saturated carbocycles. The number of phenolic OH excluding ortho intramolecular Hbond substituents is 1. The van der Waals surface area contributed by atoms with Gasteiger partial charge in [-0.05, 0) is 66.6 Å². The van der Waals surface area contributed by atoms with E-state index in [2.05, 4.69) is 5.32 Å². The second-order valence-corrected chi connectivity index (χ2v) is 7.43. The molecule has 2 N–H and O–H groups in total. The lowest BCUT2D eigenvalue weighted by atomic mass is 9.92. The quantitative estimate of drug-likeness (QED) is 0.453. The Morgan fingerprint density at radius 3 is 2.53 bits per heavy atom. The van der Waals surface area contributed by atoms with Crippen LogP contribution < -0.4 is 5.32 Å². The van der Waals surface area contributed by atoms with Crippen LogP contribution in [0.25, 0.3) is 16.7 Å². The van der Waals surface area contributed by atoms with Gasteiger partial charge in [-0.15, -0.1) is 0 Å². The highest BCUT2D eigenvalue weighted by Crippen LogP contribution is 2.42. The smallest absolute Gasteiger partial charge is 0.338 e. The highest BCUT2D eigenvalue weighted by Gasteiger charge is 2.36. The number of imidazole rings is 1. The van der Waals surface area contributed by atoms with Gasteiger partial charge in [-0.1, -0.05) is 24.3 Å². The number of hydrogen-bond acceptors (Lipinski definition) is 5. The van der Waals surface area contributed by atoms with Crippen LogP contribution in [0.2, 0.25) is 0 Å². The van der Waals surface area contributed by atoms with E-state index in [9.17, 15) is 14.3 Å². The maximum atomic E-state index is 13.6. The lowest BCUT2D eigenvalue weighted by Gasteiger charge is -2.31. The number of ether oxygens (including phenoxy) is 1. The fourth-order valence-corrected chi connectivity index (χ4v) is 4.08. The van der Waals surface area contributed by atoms with Gasteiger partial charge in [-0.25, -0.2) is 14.2 Å². The average Bonchev–Trinajstić information content (AvgIpc) is 3.17. The molecule has 5 rings (SSSR count). The number of fused-ring (bicyclic) bond motifs is 3. The number of nitrogens with zero attached hydrogens (tertiary/aromatic N) is 2. The molecule has 3 aromatic carbocycles. The topological polar surface area (TPSA) is 76.4 Å². The third-order valence-corrected chi connectivity index (χ3v) is 5.47. The molecular weight excluding hydrogens is 409 g/mol. The minimum Gasteiger partial charge on any atom is -0.508 e. The van der Waals surface area contributed by atoms with Crippen molar-refractivity contribution in [1.29, 1.82) is 0 Å². The molecule has 0 spiro atoms. The first-order valence-electron chi connectivity index (χ1n) is 10.3. The average molecular weight is 429 g/mol. The summed E-state index contributed by atoms with van der Waals surface area (Å²) in [7, 11) is 0. The first-order valence-corrected chi connectivity index (χ1v) is 10.3. The van der Waals surface area contributed by atoms with Crippen molar-refractivity contribution in [3.63, 3.8) is 0 Å². The summed E-state index contributed by atoms with van der Waals surface area (Å²) in [6.45, 7) is 1.96. The third kappa shape index (κ3) is 3.28. The second-order valence-electron chi connectivity index (χ2n) is 7.43. The van der Waals surface area contributed by atoms with Crippen LogP contribution in [0.1, 0.15) is 24.1 Å². The van der Waals surface area contributed by atoms with Crippen LogP contribution in [0.4, 0.5) is 10.3 Å². The summed E-state index contributed by atoms with van der Waals surface area (Å²) >= 11 is 0. The van der Waals surface area contributed by atoms with E-state index in [0.29, 0.717) is 22.8 Å². The third-order valence-electron chi connectivity index (χ3n) is 5.47. The number of para-hydroxylation sites is 2. The molecule has 4 aromatic rings. The number of rotatable bonds is 4. The molecule has 1 aliphatic rings. The van der Waals surface area contributed by atoms with Crippen molar-refractivity contribution >= 4 is 28.6 Å². The van der Waals surface area contributed by atoms with Gasteiger partial charge in [0, 0.05) is 0 Å². The van der Waals surface area contributed by atoms with E-state index in [1.54, 1.807) is 43.3 Å². The number of aromatic nitrogens is 2. The van der Waals surface area contributed by atoms with E-state index in [1.807, 2.05) is 28.8 Å². The van der Waals surface area contributed by atoms with Gasteiger partial charge in [0.15, 0.2) is 0 Å². The Labute approximate surface area is 183 Å². The molecule has 160 valence electrons. The molecule has 1 aromatic heterocycles. The van der Waals surface area contributed by atoms with Gasteiger partial charge < -0.3 is 15.2 Å². The maximum Gasteiger partial charge on any atom is 0.338 e. The van der Waals surface area contributed by atoms with Crippen molar-refractivity contribution in [2.24, 2.45) is 0 Å². The molecule has 6 nitrogen and oxygen atoms in total. The summed E-state index contributed by atoms with van der Waals surface area (Å²) in [5, 5.41) is 13.1. The number of benzene rings is 3. The van der Waals surface area contributed by atoms with Crippen LogP contribution in [-0.2, 0) is 9.53 Å². The zero-order chi connectivity index (χ0) is 22.2. The fourth-order valence-electron chi connectivity index (χ4n) is 4.08. The van der Waals surface area contributed by atoms with Gasteiger partial charge >= 0.3 is 5.97 Å². The Kier molecular flexibility index (Phi) is 4.86. The zero-order valence-corrected chi connectivity index (χ0v) is 17.2. The minimum atomic E-state index is -0.571. The number of carbonyl (C=O) groups is 1. The number of halogens is 1. The van der Waals surface area contributed by atoms with Crippen LogP contribution in [0.5, 0.6) is 5.75 Å². The molecule has 32 heavy (non-hydrogen) atoms. The molecule has 0 aliphatic carbocycles. The zero-order valence-electron chi connectivity index (χ0n) is 17.2. The van der Waals surface area contributed by atoms with Crippen molar-refractivity contribution in [3.8, 4) is 5.75 Å². The number of phenols is 1. The van der Waals surface area contributed by atoms with E-state index in [-0.39, 0.29) is 18.2 Å². The Hall–Kier alpha value is -4.13. The molecular formula is C25H20FN3O3. The first-order chi connectivity index (χ1) is 15.6. The van der Waals surface area contributed by atoms with Crippen LogP contribution in [-0.4, -0.2) is 27.2 Å². The molecule has 0 fully saturated rings. The summed E-state index contributed by atoms with van der Waals surface area (Å²) in [6.07, 6.45) is 0. The van der Waals surface area contributed by atoms with Crippen molar-refractivity contribution in [2.45, 2.75) is 13.0 Å². The van der Waals surface area contributed by atoms with Crippen molar-refractivity contribution in [2.75, 3.05) is 11.9 Å². The SMILES string of the molecule is CCOC(=O)C1=C(c2ccc(F)cc2)Nc2nc3ccccc3n2[C@@H]1c1ccc(O)cc1. The molecule has 2 heterocycles. The molecule has 0 unspecified atom stereocenters. The number of hydrogen-bond donors (Lipinski definition) is 2. The van der Waals surface area contributed by atoms with E-state index in [4.69, 9.17) is 9.72 Å². The van der Waals surface area contributed by atoms with Crippen LogP contribution in [0.15, 0.2) is 78.4 Å². The molecule has 0 radical (unpaired) electrons. The number of aromatic hydroxyl groups is 1. The standard InChI is InChI=1S/C25H20FN3O3/c1-2-32-24(31)21-22(15-7-11-17(26)12-8-15)28-25-27-19-5-3-4-6-20(19)29(25)23(21)16-9-13-18(30)14-10-16/h3-14,23,30H,2H2,1H3,(H,27,28)/t23-/m1/s1. The van der Waals surface area contributed by atoms with Gasteiger partial charge in [0.05, 0.1) is 35.0 Å². The molecule has 0 bridgehead atoms. The number of nitrogens with one attached hydrogen (secondary N) is 1. The van der Waals surface area contributed by atoms with Crippen molar-refractivity contribution in [3.05, 3.63) is 95.3 Å². The molecule has 0 saturated heterocycles. The summed E-state index contributed by atoms with van der Waals surface area (Å²) in [5.74, 6) is -0.179. The Bertz CT molecular complexity index is 1340. The molecule has 7 heteroatoms. The predicted molar refractivity (Wildman–Crippen MR) is 120 cm³/mol. The molecule has 1 aliphatic heterocycles. The van der Waals surface area contributed by atoms with Crippen LogP contribution >= 0.6 is 0 Å². The fraction of sp³-hybridized carbons (Fsp3) is 0.120. The molecule has 1 atom stereocenters. The summed E-state index contributed by atoms with van der Waals surface area (Å²) < 4.78 is 21.0. The number of anilines is 1. The highest BCUT2D eigenvalue weighted by atomic mass is 19.1. The Morgan fingerprint density at radius 2 is 1.81 bits per heavy atom. The molecule has 0 amide bonds. The Morgan fingerprint density at radius 1 is 1.09 bits per heavy atom. The van der Waals surface area contributed by atoms with Gasteiger partial charge in [0.2, 0.25) is 5.95 Å². The van der Waals surface area contributed by atoms with Gasteiger partial charge in [-0.2, -0.15) is 0 Å². The van der Waals surface area contributed by atoms with Gasteiger partial charge in [-0.3, -0.25) is 4.57 Å². The van der Waals surface area contributed by atoms with E-state index >= 15 is 0 Å². The van der Waals surface area contributed by atoms with E-state index in [0.717, 1.165) is 16.6 Å². The minimum absolute atomic E-state index is 0.124. The normalized spacial score (nSPS) is 15.4. The van der Waals surface area contributed by atoms with Crippen LogP contribution in [0.3, 0.4) is 0 Å². The van der Waals surface area contributed by atoms with Gasteiger partial charge in [0.25, 0.3) is 0 Å². The van der Waals surface area contributed by atoms with Gasteiger partial charge in [0.1, 0.15) is 11.6 Å². The summed E-state index contributed by atoms with van der Waals surface area (Å²) in [5.41, 5.74) is 3.90. The summed E-state index contributed by atoms with van der Waals surface area (Å²) in [4.78, 5) is 18.0. The lowest BCUT2D eigenvalue weighted by molar-refractivity contribution is -0.138. The summed E-state index contributed by atoms with van der Waals surface area (Å²) in [6, 6.07) is 19.7. The van der Waals surface area contributed by atoms with E-state index in [1.165, 1.54) is 12.1 Å². The maximum absolute atomic E-state index is 13.6. The predicted octanol–water partition coefficient (Wildman–Crippen LogP) is 4.87.